The maximum Gasteiger partial charge on any atom is 0.169 e. The third-order valence-electron chi connectivity index (χ3n) is 1.69. The van der Waals surface area contributed by atoms with Gasteiger partial charge in [-0.3, -0.25) is 0 Å². The Hall–Kier alpha value is -0.200. The van der Waals surface area contributed by atoms with Crippen LogP contribution in [0.4, 0.5) is 0 Å². The molecule has 0 radical (unpaired) electrons. The molecule has 0 bridgehead atoms. The minimum atomic E-state index is -0.286. The van der Waals surface area contributed by atoms with Crippen LogP contribution in [0.1, 0.15) is 0 Å². The number of hydrogen-bond donors (Lipinski definition) is 2. The summed E-state index contributed by atoms with van der Waals surface area (Å²) in [5.74, 6) is 0. The van der Waals surface area contributed by atoms with E-state index < -0.39 is 0 Å². The maximum atomic E-state index is 8.89. The molecule has 0 aromatic rings. The smallest absolute Gasteiger partial charge is 0.169 e. The topological polar surface area (TPSA) is 60.0 Å². The number of ether oxygens (including phenoxy) is 3. The number of aliphatic hydroxyl groups is 1. The Morgan fingerprint density at radius 2 is 1.85 bits per heavy atom. The fraction of sp³-hybridized carbons (Fsp3) is 1.00. The van der Waals surface area contributed by atoms with Gasteiger partial charge in [-0.25, -0.2) is 0 Å². The minimum absolute atomic E-state index is 0.0357. The summed E-state index contributed by atoms with van der Waals surface area (Å²) in [6.45, 7) is 1.03. The molecule has 0 aromatic heterocycles. The number of rotatable bonds is 8. The van der Waals surface area contributed by atoms with E-state index in [0.29, 0.717) is 13.2 Å². The molecule has 5 heteroatoms. The Morgan fingerprint density at radius 1 is 1.23 bits per heavy atom. The molecule has 0 aliphatic carbocycles. The highest BCUT2D eigenvalue weighted by molar-refractivity contribution is 4.64. The molecule has 0 saturated carbocycles. The van der Waals surface area contributed by atoms with Gasteiger partial charge >= 0.3 is 0 Å². The largest absolute Gasteiger partial charge is 0.395 e. The second-order valence-corrected chi connectivity index (χ2v) is 2.64. The number of nitrogens with one attached hydrogen (secondary N) is 1. The molecular formula is C8H19NO4. The van der Waals surface area contributed by atoms with Gasteiger partial charge in [0.1, 0.15) is 0 Å². The molecule has 0 amide bonds. The van der Waals surface area contributed by atoms with Crippen LogP contribution in [0.3, 0.4) is 0 Å². The van der Waals surface area contributed by atoms with E-state index in [2.05, 4.69) is 5.32 Å². The van der Waals surface area contributed by atoms with Crippen molar-refractivity contribution in [2.75, 3.05) is 41.1 Å². The lowest BCUT2D eigenvalue weighted by Crippen LogP contribution is -2.41. The van der Waals surface area contributed by atoms with Gasteiger partial charge in [-0.15, -0.1) is 0 Å². The number of methoxy groups -OCH3 is 3. The van der Waals surface area contributed by atoms with E-state index in [-0.39, 0.29) is 18.9 Å². The fourth-order valence-electron chi connectivity index (χ4n) is 0.903. The van der Waals surface area contributed by atoms with E-state index in [4.69, 9.17) is 19.3 Å². The van der Waals surface area contributed by atoms with E-state index in [0.717, 1.165) is 0 Å². The van der Waals surface area contributed by atoms with Crippen molar-refractivity contribution in [3.05, 3.63) is 0 Å². The highest BCUT2D eigenvalue weighted by atomic mass is 16.7. The van der Waals surface area contributed by atoms with Gasteiger partial charge in [0.05, 0.1) is 19.3 Å². The molecule has 2 N–H and O–H groups in total. The summed E-state index contributed by atoms with van der Waals surface area (Å²) in [7, 11) is 4.73. The quantitative estimate of drug-likeness (QED) is 0.494. The molecule has 13 heavy (non-hydrogen) atoms. The van der Waals surface area contributed by atoms with Crippen molar-refractivity contribution in [3.8, 4) is 0 Å². The third kappa shape index (κ3) is 5.95. The van der Waals surface area contributed by atoms with E-state index in [1.807, 2.05) is 0 Å². The summed E-state index contributed by atoms with van der Waals surface area (Å²) >= 11 is 0. The van der Waals surface area contributed by atoms with Gasteiger partial charge in [0, 0.05) is 27.9 Å². The van der Waals surface area contributed by atoms with Gasteiger partial charge in [0.2, 0.25) is 0 Å². The Morgan fingerprint density at radius 3 is 2.23 bits per heavy atom. The maximum absolute atomic E-state index is 8.89. The summed E-state index contributed by atoms with van der Waals surface area (Å²) in [6.07, 6.45) is -0.286. The molecule has 0 saturated heterocycles. The van der Waals surface area contributed by atoms with Gasteiger partial charge < -0.3 is 24.6 Å². The van der Waals surface area contributed by atoms with E-state index in [1.165, 1.54) is 0 Å². The van der Waals surface area contributed by atoms with Crippen LogP contribution in [0, 0.1) is 0 Å². The normalized spacial score (nSPS) is 13.6. The Kier molecular flexibility index (Phi) is 8.27. The highest BCUT2D eigenvalue weighted by Crippen LogP contribution is 1.90. The predicted octanol–water partition coefficient (Wildman–Crippen LogP) is -0.798. The molecule has 80 valence electrons. The molecule has 5 nitrogen and oxygen atoms in total. The zero-order valence-electron chi connectivity index (χ0n) is 8.45. The lowest BCUT2D eigenvalue weighted by atomic mass is 10.3. The SMILES string of the molecule is COCC(CO)NCC(OC)OC. The Bertz CT molecular complexity index is 108. The molecule has 1 unspecified atom stereocenters. The van der Waals surface area contributed by atoms with Crippen LogP contribution in [0.2, 0.25) is 0 Å². The average Bonchev–Trinajstić information content (AvgIpc) is 2.17. The lowest BCUT2D eigenvalue weighted by Gasteiger charge is -2.19. The Labute approximate surface area is 79.0 Å². The zero-order valence-corrected chi connectivity index (χ0v) is 8.45. The van der Waals surface area contributed by atoms with Crippen LogP contribution in [0.25, 0.3) is 0 Å². The molecule has 0 rings (SSSR count). The summed E-state index contributed by atoms with van der Waals surface area (Å²) in [5, 5.41) is 11.9. The van der Waals surface area contributed by atoms with E-state index >= 15 is 0 Å². The molecule has 0 aliphatic heterocycles. The third-order valence-corrected chi connectivity index (χ3v) is 1.69. The van der Waals surface area contributed by atoms with E-state index in [1.54, 1.807) is 21.3 Å². The zero-order chi connectivity index (χ0) is 10.1. The molecule has 0 spiro atoms. The van der Waals surface area contributed by atoms with Gasteiger partial charge in [-0.2, -0.15) is 0 Å². The first-order valence-corrected chi connectivity index (χ1v) is 4.17. The van der Waals surface area contributed by atoms with Crippen molar-refractivity contribution in [2.45, 2.75) is 12.3 Å². The van der Waals surface area contributed by atoms with E-state index in [9.17, 15) is 0 Å². The van der Waals surface area contributed by atoms with Crippen LogP contribution in [0.15, 0.2) is 0 Å². The summed E-state index contributed by atoms with van der Waals surface area (Å²) in [4.78, 5) is 0. The van der Waals surface area contributed by atoms with Crippen LogP contribution in [-0.2, 0) is 14.2 Å². The molecule has 0 heterocycles. The molecule has 0 fully saturated rings. The highest BCUT2D eigenvalue weighted by Gasteiger charge is 2.10. The summed E-state index contributed by atoms with van der Waals surface area (Å²) < 4.78 is 14.8. The van der Waals surface area contributed by atoms with Crippen molar-refractivity contribution < 1.29 is 19.3 Å². The van der Waals surface area contributed by atoms with Gasteiger partial charge in [-0.1, -0.05) is 0 Å². The summed E-state index contributed by atoms with van der Waals surface area (Å²) in [5.41, 5.74) is 0. The molecule has 1 atom stereocenters. The molecule has 0 aliphatic rings. The lowest BCUT2D eigenvalue weighted by molar-refractivity contribution is -0.101. The fourth-order valence-corrected chi connectivity index (χ4v) is 0.903. The summed E-state index contributed by atoms with van der Waals surface area (Å²) in [6, 6.07) is -0.0715. The van der Waals surface area contributed by atoms with Crippen molar-refractivity contribution in [1.82, 2.24) is 5.32 Å². The first kappa shape index (κ1) is 12.8. The standard InChI is InChI=1S/C8H19NO4/c1-11-6-7(5-10)9-4-8(12-2)13-3/h7-10H,4-6H2,1-3H3. The van der Waals surface area contributed by atoms with Crippen LogP contribution < -0.4 is 5.32 Å². The predicted molar refractivity (Wildman–Crippen MR) is 48.6 cm³/mol. The van der Waals surface area contributed by atoms with Gasteiger partial charge in [0.25, 0.3) is 0 Å². The second kappa shape index (κ2) is 8.40. The second-order valence-electron chi connectivity index (χ2n) is 2.64. The number of aliphatic hydroxyl groups excluding tert-OH is 1. The van der Waals surface area contributed by atoms with Gasteiger partial charge in [-0.05, 0) is 0 Å². The van der Waals surface area contributed by atoms with Crippen LogP contribution in [0.5, 0.6) is 0 Å². The number of hydrogen-bond acceptors (Lipinski definition) is 5. The van der Waals surface area contributed by atoms with Crippen LogP contribution >= 0.6 is 0 Å². The monoisotopic (exact) mass is 193 g/mol. The first-order chi connectivity index (χ1) is 6.28. The van der Waals surface area contributed by atoms with Crippen molar-refractivity contribution >= 4 is 0 Å². The molecular weight excluding hydrogens is 174 g/mol. The van der Waals surface area contributed by atoms with Crippen molar-refractivity contribution in [3.63, 3.8) is 0 Å². The minimum Gasteiger partial charge on any atom is -0.395 e. The van der Waals surface area contributed by atoms with Crippen LogP contribution in [-0.4, -0.2) is 58.5 Å². The van der Waals surface area contributed by atoms with Crippen molar-refractivity contribution in [1.29, 1.82) is 0 Å². The van der Waals surface area contributed by atoms with Crippen molar-refractivity contribution in [2.24, 2.45) is 0 Å². The van der Waals surface area contributed by atoms with Gasteiger partial charge in [0.15, 0.2) is 6.29 Å². The average molecular weight is 193 g/mol. The molecule has 0 aromatic carbocycles. The first-order valence-electron chi connectivity index (χ1n) is 4.17. The Balaban J connectivity index is 3.56.